The minimum absolute atomic E-state index is 0.0120. The normalized spacial score (nSPS) is 19.9. The summed E-state index contributed by atoms with van der Waals surface area (Å²) in [6, 6.07) is 12.5. The number of carbonyl (C=O) groups is 3. The first-order valence-corrected chi connectivity index (χ1v) is 11.6. The molecule has 0 aliphatic carbocycles. The van der Waals surface area contributed by atoms with Crippen LogP contribution in [0, 0.1) is 0 Å². The third-order valence-electron chi connectivity index (χ3n) is 6.24. The predicted molar refractivity (Wildman–Crippen MR) is 130 cm³/mol. The van der Waals surface area contributed by atoms with E-state index in [0.29, 0.717) is 48.9 Å². The van der Waals surface area contributed by atoms with Crippen molar-refractivity contribution in [1.82, 2.24) is 9.80 Å². The van der Waals surface area contributed by atoms with Crippen LogP contribution in [-0.4, -0.2) is 85.6 Å². The summed E-state index contributed by atoms with van der Waals surface area (Å²) in [5, 5.41) is 11.2. The molecule has 190 valence electrons. The zero-order chi connectivity index (χ0) is 25.7. The summed E-state index contributed by atoms with van der Waals surface area (Å²) in [4.78, 5) is 41.0. The van der Waals surface area contributed by atoms with E-state index in [4.69, 9.17) is 19.9 Å². The first kappa shape index (κ1) is 25.2. The molecular weight excluding hydrogens is 466 g/mol. The number of aliphatic hydroxyl groups is 1. The van der Waals surface area contributed by atoms with Gasteiger partial charge in [-0.1, -0.05) is 12.1 Å². The van der Waals surface area contributed by atoms with E-state index < -0.39 is 23.6 Å². The van der Waals surface area contributed by atoms with Gasteiger partial charge in [0.15, 0.2) is 6.61 Å². The van der Waals surface area contributed by atoms with Crippen molar-refractivity contribution in [2.75, 3.05) is 53.1 Å². The molecule has 4 rings (SSSR count). The number of hydrogen-bond donors (Lipinski definition) is 2. The van der Waals surface area contributed by atoms with Gasteiger partial charge in [0, 0.05) is 31.7 Å². The molecule has 2 amide bonds. The Balaban J connectivity index is 1.69. The van der Waals surface area contributed by atoms with Crippen LogP contribution in [0.25, 0.3) is 5.76 Å². The second-order valence-corrected chi connectivity index (χ2v) is 8.50. The Morgan fingerprint density at radius 3 is 2.28 bits per heavy atom. The maximum Gasteiger partial charge on any atom is 0.295 e. The molecule has 2 aliphatic rings. The first-order valence-electron chi connectivity index (χ1n) is 11.6. The topological polar surface area (TPSA) is 132 Å². The van der Waals surface area contributed by atoms with Crippen molar-refractivity contribution >= 4 is 23.4 Å². The molecule has 2 aliphatic heterocycles. The van der Waals surface area contributed by atoms with E-state index in [-0.39, 0.29) is 17.9 Å². The van der Waals surface area contributed by atoms with Crippen molar-refractivity contribution in [3.63, 3.8) is 0 Å². The van der Waals surface area contributed by atoms with Crippen LogP contribution in [0.1, 0.15) is 17.2 Å². The summed E-state index contributed by atoms with van der Waals surface area (Å²) in [5.41, 5.74) is 6.17. The van der Waals surface area contributed by atoms with Crippen molar-refractivity contribution in [3.8, 4) is 11.5 Å². The van der Waals surface area contributed by atoms with Gasteiger partial charge < -0.3 is 30.0 Å². The Morgan fingerprint density at radius 1 is 1.03 bits per heavy atom. The minimum atomic E-state index is -0.793. The highest BCUT2D eigenvalue weighted by Crippen LogP contribution is 2.40. The lowest BCUT2D eigenvalue weighted by molar-refractivity contribution is -0.140. The Labute approximate surface area is 208 Å². The molecule has 0 saturated carbocycles. The molecule has 0 aromatic heterocycles. The molecule has 10 heteroatoms. The van der Waals surface area contributed by atoms with E-state index in [2.05, 4.69) is 4.90 Å². The number of morpholine rings is 1. The quantitative estimate of drug-likeness (QED) is 0.302. The van der Waals surface area contributed by atoms with E-state index in [0.717, 1.165) is 13.1 Å². The van der Waals surface area contributed by atoms with Crippen molar-refractivity contribution in [2.45, 2.75) is 6.04 Å². The molecule has 2 saturated heterocycles. The van der Waals surface area contributed by atoms with E-state index in [1.54, 1.807) is 48.5 Å². The van der Waals surface area contributed by atoms with Gasteiger partial charge in [-0.3, -0.25) is 19.3 Å². The molecule has 2 fully saturated rings. The van der Waals surface area contributed by atoms with Crippen LogP contribution in [0.3, 0.4) is 0 Å². The van der Waals surface area contributed by atoms with Gasteiger partial charge in [0.05, 0.1) is 31.9 Å². The lowest BCUT2D eigenvalue weighted by Gasteiger charge is -2.31. The summed E-state index contributed by atoms with van der Waals surface area (Å²) in [6.45, 7) is 3.32. The Morgan fingerprint density at radius 2 is 1.67 bits per heavy atom. The molecule has 2 aromatic carbocycles. The van der Waals surface area contributed by atoms with Crippen molar-refractivity contribution in [1.29, 1.82) is 0 Å². The van der Waals surface area contributed by atoms with Gasteiger partial charge in [-0.2, -0.15) is 0 Å². The maximum absolute atomic E-state index is 13.2. The summed E-state index contributed by atoms with van der Waals surface area (Å²) in [5.74, 6) is -1.26. The van der Waals surface area contributed by atoms with Gasteiger partial charge in [-0.05, 0) is 42.0 Å². The van der Waals surface area contributed by atoms with E-state index in [9.17, 15) is 19.5 Å². The number of ether oxygens (including phenoxy) is 3. The highest BCUT2D eigenvalue weighted by molar-refractivity contribution is 6.46. The Bertz CT molecular complexity index is 1140. The zero-order valence-corrected chi connectivity index (χ0v) is 20.0. The van der Waals surface area contributed by atoms with E-state index in [1.807, 2.05) is 0 Å². The third-order valence-corrected chi connectivity index (χ3v) is 6.24. The second-order valence-electron chi connectivity index (χ2n) is 8.50. The maximum atomic E-state index is 13.2. The largest absolute Gasteiger partial charge is 0.507 e. The fourth-order valence-corrected chi connectivity index (χ4v) is 4.34. The standard InChI is InChI=1S/C26H29N3O7/c1-34-19-6-4-18(5-7-19)24(31)22-23(17-2-8-20(9-3-17)36-16-21(27)30)29(26(33)25(22)32)11-10-28-12-14-35-15-13-28/h2-9,23,31H,10-16H2,1H3,(H2,27,30). The molecule has 0 spiro atoms. The molecule has 2 aromatic rings. The second kappa shape index (κ2) is 11.2. The highest BCUT2D eigenvalue weighted by Gasteiger charge is 2.46. The van der Waals surface area contributed by atoms with Crippen LogP contribution in [0.15, 0.2) is 54.1 Å². The number of carbonyl (C=O) groups excluding carboxylic acids is 3. The van der Waals surface area contributed by atoms with Crippen LogP contribution in [0.4, 0.5) is 0 Å². The van der Waals surface area contributed by atoms with Crippen LogP contribution in [0.5, 0.6) is 11.5 Å². The van der Waals surface area contributed by atoms with Gasteiger partial charge in [0.2, 0.25) is 0 Å². The van der Waals surface area contributed by atoms with E-state index in [1.165, 1.54) is 12.0 Å². The number of rotatable bonds is 9. The van der Waals surface area contributed by atoms with Crippen molar-refractivity contribution in [2.24, 2.45) is 5.73 Å². The van der Waals surface area contributed by atoms with E-state index >= 15 is 0 Å². The van der Waals surface area contributed by atoms with Gasteiger partial charge in [-0.25, -0.2) is 0 Å². The smallest absolute Gasteiger partial charge is 0.295 e. The highest BCUT2D eigenvalue weighted by atomic mass is 16.5. The van der Waals surface area contributed by atoms with Gasteiger partial charge in [0.1, 0.15) is 17.3 Å². The summed E-state index contributed by atoms with van der Waals surface area (Å²) in [7, 11) is 1.53. The average Bonchev–Trinajstić information content (AvgIpc) is 3.16. The monoisotopic (exact) mass is 495 g/mol. The number of benzene rings is 2. The number of aliphatic hydroxyl groups excluding tert-OH is 1. The fourth-order valence-electron chi connectivity index (χ4n) is 4.34. The summed E-state index contributed by atoms with van der Waals surface area (Å²) >= 11 is 0. The number of amides is 2. The summed E-state index contributed by atoms with van der Waals surface area (Å²) in [6.07, 6.45) is 0. The molecule has 3 N–H and O–H groups in total. The zero-order valence-electron chi connectivity index (χ0n) is 20.0. The molecule has 0 bridgehead atoms. The number of hydrogen-bond acceptors (Lipinski definition) is 8. The summed E-state index contributed by atoms with van der Waals surface area (Å²) < 4.78 is 15.9. The molecule has 2 heterocycles. The number of nitrogens with zero attached hydrogens (tertiary/aromatic N) is 2. The molecule has 36 heavy (non-hydrogen) atoms. The third kappa shape index (κ3) is 5.50. The SMILES string of the molecule is COc1ccc(C(O)=C2C(=O)C(=O)N(CCN3CCOCC3)C2c2ccc(OCC(N)=O)cc2)cc1. The molecule has 10 nitrogen and oxygen atoms in total. The van der Waals surface area contributed by atoms with Crippen molar-refractivity contribution < 1.29 is 33.7 Å². The lowest BCUT2D eigenvalue weighted by atomic mass is 9.95. The van der Waals surface area contributed by atoms with Crippen LogP contribution < -0.4 is 15.2 Å². The molecular formula is C26H29N3O7. The molecule has 0 radical (unpaired) electrons. The minimum Gasteiger partial charge on any atom is -0.507 e. The average molecular weight is 496 g/mol. The number of likely N-dealkylation sites (tertiary alicyclic amines) is 1. The van der Waals surface area contributed by atoms with Crippen LogP contribution in [-0.2, 0) is 19.1 Å². The molecule has 1 atom stereocenters. The van der Waals surface area contributed by atoms with Crippen LogP contribution in [0.2, 0.25) is 0 Å². The molecule has 1 unspecified atom stereocenters. The van der Waals surface area contributed by atoms with Gasteiger partial charge in [0.25, 0.3) is 17.6 Å². The number of primary amides is 1. The predicted octanol–water partition coefficient (Wildman–Crippen LogP) is 1.31. The number of ketones is 1. The fraction of sp³-hybridized carbons (Fsp3) is 0.346. The van der Waals surface area contributed by atoms with Gasteiger partial charge in [-0.15, -0.1) is 0 Å². The van der Waals surface area contributed by atoms with Crippen molar-refractivity contribution in [3.05, 3.63) is 65.2 Å². The van der Waals surface area contributed by atoms with Gasteiger partial charge >= 0.3 is 0 Å². The first-order chi connectivity index (χ1) is 17.4. The number of nitrogens with two attached hydrogens (primary N) is 1. The Hall–Kier alpha value is -3.89. The number of methoxy groups -OCH3 is 1. The Kier molecular flexibility index (Phi) is 7.87. The lowest BCUT2D eigenvalue weighted by Crippen LogP contribution is -2.42. The number of Topliss-reactive ketones (excluding diaryl/α,β-unsaturated/α-hetero) is 1. The van der Waals surface area contributed by atoms with Crippen LogP contribution >= 0.6 is 0 Å².